The SMILES string of the molecule is Cl.O=c1[nH]c2ncncc2n1-c1ccc(Oc2ccccc2)cc1. The van der Waals surface area contributed by atoms with Crippen LogP contribution in [0.5, 0.6) is 11.5 Å². The molecule has 0 saturated heterocycles. The highest BCUT2D eigenvalue weighted by Gasteiger charge is 2.09. The smallest absolute Gasteiger partial charge is 0.332 e. The van der Waals surface area contributed by atoms with Crippen LogP contribution in [0.1, 0.15) is 0 Å². The van der Waals surface area contributed by atoms with Gasteiger partial charge in [-0.3, -0.25) is 9.55 Å². The van der Waals surface area contributed by atoms with Crippen LogP contribution in [0.4, 0.5) is 0 Å². The van der Waals surface area contributed by atoms with Gasteiger partial charge in [-0.05, 0) is 36.4 Å². The number of imidazole rings is 1. The third-order valence-corrected chi connectivity index (χ3v) is 3.44. The van der Waals surface area contributed by atoms with Crippen LogP contribution in [0.3, 0.4) is 0 Å². The predicted molar refractivity (Wildman–Crippen MR) is 93.2 cm³/mol. The molecule has 0 atom stereocenters. The molecular weight excluding hydrogens is 328 g/mol. The fraction of sp³-hybridized carbons (Fsp3) is 0. The summed E-state index contributed by atoms with van der Waals surface area (Å²) in [6, 6.07) is 16.8. The zero-order valence-electron chi connectivity index (χ0n) is 12.4. The van der Waals surface area contributed by atoms with E-state index in [9.17, 15) is 4.79 Å². The van der Waals surface area contributed by atoms with E-state index in [0.717, 1.165) is 11.4 Å². The van der Waals surface area contributed by atoms with Gasteiger partial charge in [-0.2, -0.15) is 0 Å². The van der Waals surface area contributed by atoms with Crippen molar-refractivity contribution in [3.05, 3.63) is 77.6 Å². The molecular formula is C17H13ClN4O2. The molecule has 0 saturated carbocycles. The Kier molecular flexibility index (Phi) is 4.31. The average Bonchev–Trinajstić information content (AvgIpc) is 2.92. The zero-order valence-corrected chi connectivity index (χ0v) is 13.2. The van der Waals surface area contributed by atoms with Gasteiger partial charge < -0.3 is 4.74 Å². The number of rotatable bonds is 3. The number of H-pyrrole nitrogens is 1. The van der Waals surface area contributed by atoms with Crippen molar-refractivity contribution in [2.45, 2.75) is 0 Å². The summed E-state index contributed by atoms with van der Waals surface area (Å²) >= 11 is 0. The molecule has 0 spiro atoms. The molecule has 0 amide bonds. The third-order valence-electron chi connectivity index (χ3n) is 3.44. The van der Waals surface area contributed by atoms with Crippen LogP contribution < -0.4 is 10.4 Å². The van der Waals surface area contributed by atoms with E-state index in [1.165, 1.54) is 10.9 Å². The number of hydrogen-bond acceptors (Lipinski definition) is 4. The van der Waals surface area contributed by atoms with E-state index in [-0.39, 0.29) is 18.1 Å². The van der Waals surface area contributed by atoms with Crippen molar-refractivity contribution in [1.29, 1.82) is 0 Å². The Morgan fingerprint density at radius 2 is 1.67 bits per heavy atom. The summed E-state index contributed by atoms with van der Waals surface area (Å²) < 4.78 is 7.28. The minimum Gasteiger partial charge on any atom is -0.457 e. The van der Waals surface area contributed by atoms with Crippen LogP contribution in [0.25, 0.3) is 16.9 Å². The molecule has 0 radical (unpaired) electrons. The van der Waals surface area contributed by atoms with Crippen LogP contribution in [-0.2, 0) is 0 Å². The van der Waals surface area contributed by atoms with Gasteiger partial charge in [0.1, 0.15) is 23.3 Å². The van der Waals surface area contributed by atoms with Crippen molar-refractivity contribution in [3.63, 3.8) is 0 Å². The molecule has 0 bridgehead atoms. The number of nitrogens with one attached hydrogen (secondary N) is 1. The second-order valence-electron chi connectivity index (χ2n) is 4.93. The standard InChI is InChI=1S/C17H12N4O2.ClH/c22-17-20-16-15(10-18-11-19-16)21(17)12-6-8-14(9-7-12)23-13-4-2-1-3-5-13;/h1-11H,(H,18,19,20,22);1H. The minimum atomic E-state index is -0.253. The Morgan fingerprint density at radius 1 is 0.958 bits per heavy atom. The second kappa shape index (κ2) is 6.55. The topological polar surface area (TPSA) is 72.8 Å². The molecule has 24 heavy (non-hydrogen) atoms. The Morgan fingerprint density at radius 3 is 2.42 bits per heavy atom. The first kappa shape index (κ1) is 15.8. The number of halogens is 1. The van der Waals surface area contributed by atoms with E-state index < -0.39 is 0 Å². The van der Waals surface area contributed by atoms with Gasteiger partial charge in [0.2, 0.25) is 0 Å². The summed E-state index contributed by atoms with van der Waals surface area (Å²) in [6.07, 6.45) is 3.01. The average molecular weight is 341 g/mol. The fourth-order valence-corrected chi connectivity index (χ4v) is 2.39. The second-order valence-corrected chi connectivity index (χ2v) is 4.93. The molecule has 0 fully saturated rings. The third kappa shape index (κ3) is 2.87. The summed E-state index contributed by atoms with van der Waals surface area (Å²) in [4.78, 5) is 22.8. The number of benzene rings is 2. The molecule has 0 aliphatic carbocycles. The van der Waals surface area contributed by atoms with E-state index >= 15 is 0 Å². The van der Waals surface area contributed by atoms with Crippen LogP contribution in [-0.4, -0.2) is 19.5 Å². The van der Waals surface area contributed by atoms with Gasteiger partial charge in [0.05, 0.1) is 11.9 Å². The number of nitrogens with zero attached hydrogens (tertiary/aromatic N) is 3. The molecule has 2 aromatic carbocycles. The van der Waals surface area contributed by atoms with E-state index in [1.54, 1.807) is 6.20 Å². The molecule has 7 heteroatoms. The van der Waals surface area contributed by atoms with Gasteiger partial charge >= 0.3 is 5.69 Å². The molecule has 0 unspecified atom stereocenters. The highest BCUT2D eigenvalue weighted by Crippen LogP contribution is 2.22. The van der Waals surface area contributed by atoms with Gasteiger partial charge in [-0.15, -0.1) is 12.4 Å². The van der Waals surface area contributed by atoms with Crippen molar-refractivity contribution in [1.82, 2.24) is 19.5 Å². The Bertz CT molecular complexity index is 1010. The number of hydrogen-bond donors (Lipinski definition) is 1. The Hall–Kier alpha value is -3.12. The maximum Gasteiger partial charge on any atom is 0.332 e. The van der Waals surface area contributed by atoms with Crippen LogP contribution in [0, 0.1) is 0 Å². The zero-order chi connectivity index (χ0) is 15.6. The Labute approximate surface area is 143 Å². The number of aromatic nitrogens is 4. The van der Waals surface area contributed by atoms with E-state index in [0.29, 0.717) is 16.9 Å². The molecule has 0 aliphatic rings. The highest BCUT2D eigenvalue weighted by atomic mass is 35.5. The summed E-state index contributed by atoms with van der Waals surface area (Å²) in [6.45, 7) is 0. The summed E-state index contributed by atoms with van der Waals surface area (Å²) in [5.74, 6) is 1.46. The minimum absolute atomic E-state index is 0. The number of para-hydroxylation sites is 1. The number of fused-ring (bicyclic) bond motifs is 1. The molecule has 1 N–H and O–H groups in total. The quantitative estimate of drug-likeness (QED) is 0.621. The molecule has 6 nitrogen and oxygen atoms in total. The molecule has 2 aromatic heterocycles. The maximum absolute atomic E-state index is 12.1. The lowest BCUT2D eigenvalue weighted by atomic mass is 10.3. The van der Waals surface area contributed by atoms with Crippen LogP contribution in [0.2, 0.25) is 0 Å². The fourth-order valence-electron chi connectivity index (χ4n) is 2.39. The van der Waals surface area contributed by atoms with Crippen molar-refractivity contribution >= 4 is 23.6 Å². The predicted octanol–water partition coefficient (Wildman–Crippen LogP) is 3.32. The highest BCUT2D eigenvalue weighted by molar-refractivity contribution is 5.85. The largest absolute Gasteiger partial charge is 0.457 e. The lowest BCUT2D eigenvalue weighted by molar-refractivity contribution is 0.482. The summed E-state index contributed by atoms with van der Waals surface area (Å²) in [5, 5.41) is 0. The van der Waals surface area contributed by atoms with Crippen molar-refractivity contribution in [2.24, 2.45) is 0 Å². The van der Waals surface area contributed by atoms with Crippen LogP contribution >= 0.6 is 12.4 Å². The number of ether oxygens (including phenoxy) is 1. The van der Waals surface area contributed by atoms with Gasteiger partial charge in [0.25, 0.3) is 0 Å². The monoisotopic (exact) mass is 340 g/mol. The van der Waals surface area contributed by atoms with Gasteiger partial charge in [-0.25, -0.2) is 14.8 Å². The van der Waals surface area contributed by atoms with E-state index in [2.05, 4.69) is 15.0 Å². The first-order valence-electron chi connectivity index (χ1n) is 7.05. The van der Waals surface area contributed by atoms with Crippen molar-refractivity contribution in [3.8, 4) is 17.2 Å². The lowest BCUT2D eigenvalue weighted by Crippen LogP contribution is -2.14. The molecule has 0 aliphatic heterocycles. The van der Waals surface area contributed by atoms with Crippen molar-refractivity contribution < 1.29 is 4.74 Å². The van der Waals surface area contributed by atoms with Gasteiger partial charge in [0, 0.05) is 0 Å². The molecule has 4 aromatic rings. The molecule has 120 valence electrons. The first-order chi connectivity index (χ1) is 11.3. The van der Waals surface area contributed by atoms with Crippen molar-refractivity contribution in [2.75, 3.05) is 0 Å². The Balaban J connectivity index is 0.00000169. The molecule has 4 rings (SSSR count). The summed E-state index contributed by atoms with van der Waals surface area (Å²) in [5.41, 5.74) is 1.61. The summed E-state index contributed by atoms with van der Waals surface area (Å²) in [7, 11) is 0. The van der Waals surface area contributed by atoms with Crippen LogP contribution in [0.15, 0.2) is 71.9 Å². The van der Waals surface area contributed by atoms with E-state index in [1.807, 2.05) is 54.6 Å². The maximum atomic E-state index is 12.1. The van der Waals surface area contributed by atoms with Gasteiger partial charge in [-0.1, -0.05) is 18.2 Å². The molecule has 2 heterocycles. The lowest BCUT2D eigenvalue weighted by Gasteiger charge is -2.07. The van der Waals surface area contributed by atoms with E-state index in [4.69, 9.17) is 4.74 Å². The first-order valence-corrected chi connectivity index (χ1v) is 7.05. The van der Waals surface area contributed by atoms with Gasteiger partial charge in [0.15, 0.2) is 5.65 Å². The normalized spacial score (nSPS) is 10.3. The number of aromatic amines is 1.